The number of hydrogen-bond donors (Lipinski definition) is 1. The smallest absolute Gasteiger partial charge is 0.208 e. The van der Waals surface area contributed by atoms with Crippen LogP contribution in [-0.4, -0.2) is 22.1 Å². The number of fused-ring (bicyclic) bond motifs is 1. The number of ketones is 2. The number of halogens is 2. The van der Waals surface area contributed by atoms with Crippen molar-refractivity contribution >= 4 is 33.2 Å². The summed E-state index contributed by atoms with van der Waals surface area (Å²) >= 11 is 2.96. The summed E-state index contributed by atoms with van der Waals surface area (Å²) in [5, 5.41) is 7.39. The number of carbonyl (C=O) groups is 2. The van der Waals surface area contributed by atoms with Crippen molar-refractivity contribution in [2.45, 2.75) is 4.83 Å². The first-order valence-electron chi connectivity index (χ1n) is 4.13. The summed E-state index contributed by atoms with van der Waals surface area (Å²) in [5.74, 6) is -1.57. The van der Waals surface area contributed by atoms with Crippen molar-refractivity contribution < 1.29 is 14.0 Å². The standard InChI is InChI=1S/C10H5BrFNO2/c11-7-8(13)10(15)6-3-4(12)1-2-5(6)9(7)14/h1-3,7,13H. The molecule has 1 atom stereocenters. The molecule has 0 saturated carbocycles. The van der Waals surface area contributed by atoms with Gasteiger partial charge in [-0.05, 0) is 18.2 Å². The number of hydrogen-bond acceptors (Lipinski definition) is 3. The number of rotatable bonds is 0. The molecule has 1 aromatic carbocycles. The maximum absolute atomic E-state index is 12.9. The van der Waals surface area contributed by atoms with Crippen LogP contribution in [0, 0.1) is 11.2 Å². The predicted octanol–water partition coefficient (Wildman–Crippen LogP) is 1.99. The van der Waals surface area contributed by atoms with E-state index in [9.17, 15) is 14.0 Å². The fraction of sp³-hybridized carbons (Fsp3) is 0.100. The number of carbonyl (C=O) groups excluding carboxylic acids is 2. The van der Waals surface area contributed by atoms with Gasteiger partial charge in [-0.1, -0.05) is 15.9 Å². The second kappa shape index (κ2) is 3.34. The van der Waals surface area contributed by atoms with Crippen LogP contribution < -0.4 is 0 Å². The Labute approximate surface area is 92.9 Å². The van der Waals surface area contributed by atoms with Crippen LogP contribution in [0.15, 0.2) is 18.2 Å². The van der Waals surface area contributed by atoms with Crippen molar-refractivity contribution in [3.8, 4) is 0 Å². The molecule has 0 radical (unpaired) electrons. The van der Waals surface area contributed by atoms with E-state index in [2.05, 4.69) is 15.9 Å². The number of Topliss-reactive ketones (excluding diaryl/α,β-unsaturated/α-hetero) is 2. The minimum absolute atomic E-state index is 0.0271. The van der Waals surface area contributed by atoms with E-state index in [1.165, 1.54) is 6.07 Å². The van der Waals surface area contributed by atoms with Crippen molar-refractivity contribution in [2.75, 3.05) is 0 Å². The van der Waals surface area contributed by atoms with Gasteiger partial charge in [-0.3, -0.25) is 15.0 Å². The average Bonchev–Trinajstić information content (AvgIpc) is 2.23. The third kappa shape index (κ3) is 1.43. The minimum atomic E-state index is -0.914. The van der Waals surface area contributed by atoms with E-state index < -0.39 is 16.4 Å². The highest BCUT2D eigenvalue weighted by Crippen LogP contribution is 2.24. The lowest BCUT2D eigenvalue weighted by molar-refractivity contribution is 0.0970. The van der Waals surface area contributed by atoms with Crippen molar-refractivity contribution in [2.24, 2.45) is 0 Å². The van der Waals surface area contributed by atoms with Crippen LogP contribution >= 0.6 is 15.9 Å². The molecule has 15 heavy (non-hydrogen) atoms. The summed E-state index contributed by atoms with van der Waals surface area (Å²) in [6, 6.07) is 3.38. The number of alkyl halides is 1. The molecule has 1 aliphatic rings. The molecule has 0 fully saturated rings. The largest absolute Gasteiger partial charge is 0.300 e. The fourth-order valence-electron chi connectivity index (χ4n) is 1.45. The molecule has 0 aromatic heterocycles. The van der Waals surface area contributed by atoms with Crippen LogP contribution in [0.2, 0.25) is 0 Å². The van der Waals surface area contributed by atoms with Gasteiger partial charge in [0.2, 0.25) is 5.78 Å². The van der Waals surface area contributed by atoms with Crippen molar-refractivity contribution in [3.05, 3.63) is 35.1 Å². The van der Waals surface area contributed by atoms with E-state index in [0.29, 0.717) is 0 Å². The molecule has 0 heterocycles. The van der Waals surface area contributed by atoms with Crippen molar-refractivity contribution in [3.63, 3.8) is 0 Å². The third-order valence-corrected chi connectivity index (χ3v) is 3.09. The zero-order valence-electron chi connectivity index (χ0n) is 7.38. The molecule has 1 N–H and O–H groups in total. The summed E-state index contributed by atoms with van der Waals surface area (Å²) in [5.41, 5.74) is -0.210. The van der Waals surface area contributed by atoms with Gasteiger partial charge in [-0.15, -0.1) is 0 Å². The van der Waals surface area contributed by atoms with E-state index in [0.717, 1.165) is 12.1 Å². The summed E-state index contributed by atoms with van der Waals surface area (Å²) < 4.78 is 12.9. The van der Waals surface area contributed by atoms with Crippen LogP contribution in [0.25, 0.3) is 0 Å². The predicted molar refractivity (Wildman–Crippen MR) is 55.5 cm³/mol. The van der Waals surface area contributed by atoms with Gasteiger partial charge in [0.15, 0.2) is 5.78 Å². The van der Waals surface area contributed by atoms with Gasteiger partial charge in [-0.25, -0.2) is 4.39 Å². The SMILES string of the molecule is N=C1C(=O)c2cc(F)ccc2C(=O)C1Br. The van der Waals surface area contributed by atoms with Gasteiger partial charge in [0.1, 0.15) is 16.4 Å². The number of nitrogens with one attached hydrogen (secondary N) is 1. The van der Waals surface area contributed by atoms with Gasteiger partial charge >= 0.3 is 0 Å². The Hall–Kier alpha value is -1.36. The molecule has 0 amide bonds. The third-order valence-electron chi connectivity index (χ3n) is 2.22. The lowest BCUT2D eigenvalue weighted by Gasteiger charge is -2.18. The highest BCUT2D eigenvalue weighted by atomic mass is 79.9. The number of benzene rings is 1. The molecule has 1 unspecified atom stereocenters. The highest BCUT2D eigenvalue weighted by Gasteiger charge is 2.35. The first-order valence-corrected chi connectivity index (χ1v) is 5.05. The van der Waals surface area contributed by atoms with Crippen LogP contribution in [0.4, 0.5) is 4.39 Å². The highest BCUT2D eigenvalue weighted by molar-refractivity contribution is 9.10. The van der Waals surface area contributed by atoms with Crippen LogP contribution in [0.3, 0.4) is 0 Å². The molecule has 1 aromatic rings. The maximum atomic E-state index is 12.9. The Morgan fingerprint density at radius 2 is 1.93 bits per heavy atom. The Kier molecular flexibility index (Phi) is 2.26. The first-order chi connectivity index (χ1) is 7.02. The normalized spacial score (nSPS) is 20.4. The van der Waals surface area contributed by atoms with Crippen LogP contribution in [0.1, 0.15) is 20.7 Å². The van der Waals surface area contributed by atoms with E-state index in [1.54, 1.807) is 0 Å². The van der Waals surface area contributed by atoms with E-state index in [1.807, 2.05) is 0 Å². The second-order valence-corrected chi connectivity index (χ2v) is 4.08. The Balaban J connectivity index is 2.69. The summed E-state index contributed by atoms with van der Waals surface area (Å²) in [6.07, 6.45) is 0. The second-order valence-electron chi connectivity index (χ2n) is 3.16. The Bertz CT molecular complexity index is 498. The molecular formula is C10H5BrFNO2. The molecule has 0 bridgehead atoms. The van der Waals surface area contributed by atoms with Crippen molar-refractivity contribution in [1.29, 1.82) is 5.41 Å². The average molecular weight is 270 g/mol. The van der Waals surface area contributed by atoms with Gasteiger partial charge < -0.3 is 0 Å². The molecule has 0 spiro atoms. The van der Waals surface area contributed by atoms with Crippen LogP contribution in [0.5, 0.6) is 0 Å². The zero-order chi connectivity index (χ0) is 11.2. The minimum Gasteiger partial charge on any atom is -0.300 e. The molecule has 0 aliphatic heterocycles. The topological polar surface area (TPSA) is 58.0 Å². The van der Waals surface area contributed by atoms with Crippen LogP contribution in [-0.2, 0) is 0 Å². The maximum Gasteiger partial charge on any atom is 0.208 e. The monoisotopic (exact) mass is 269 g/mol. The molecule has 0 saturated heterocycles. The molecule has 2 rings (SSSR count). The Morgan fingerprint density at radius 1 is 1.27 bits per heavy atom. The lowest BCUT2D eigenvalue weighted by Crippen LogP contribution is -2.37. The summed E-state index contributed by atoms with van der Waals surface area (Å²) in [4.78, 5) is 22.3. The molecule has 76 valence electrons. The summed E-state index contributed by atoms with van der Waals surface area (Å²) in [6.45, 7) is 0. The Morgan fingerprint density at radius 3 is 2.60 bits per heavy atom. The molecule has 1 aliphatic carbocycles. The van der Waals surface area contributed by atoms with E-state index in [4.69, 9.17) is 5.41 Å². The molecule has 5 heteroatoms. The van der Waals surface area contributed by atoms with Gasteiger partial charge in [0.25, 0.3) is 0 Å². The van der Waals surface area contributed by atoms with Crippen molar-refractivity contribution in [1.82, 2.24) is 0 Å². The van der Waals surface area contributed by atoms with Gasteiger partial charge in [0.05, 0.1) is 0 Å². The van der Waals surface area contributed by atoms with Gasteiger partial charge in [-0.2, -0.15) is 0 Å². The zero-order valence-corrected chi connectivity index (χ0v) is 8.97. The van der Waals surface area contributed by atoms with Gasteiger partial charge in [0, 0.05) is 11.1 Å². The molecule has 3 nitrogen and oxygen atoms in total. The van der Waals surface area contributed by atoms with E-state index >= 15 is 0 Å². The quantitative estimate of drug-likeness (QED) is 0.733. The molecular weight excluding hydrogens is 265 g/mol. The van der Waals surface area contributed by atoms with E-state index in [-0.39, 0.29) is 22.6 Å². The lowest BCUT2D eigenvalue weighted by atomic mass is 9.88. The first kappa shape index (κ1) is 10.2. The fourth-order valence-corrected chi connectivity index (χ4v) is 1.90. The summed E-state index contributed by atoms with van der Waals surface area (Å²) in [7, 11) is 0.